The summed E-state index contributed by atoms with van der Waals surface area (Å²) in [6.45, 7) is 2.07. The average Bonchev–Trinajstić information content (AvgIpc) is 2.99. The molecule has 1 unspecified atom stereocenters. The first-order valence-electron chi connectivity index (χ1n) is 6.94. The SMILES string of the molecule is CC(S)(c1ncc[nH]1)[C@H]1CCCC[C@@H]1C(=O)NCC#N. The summed E-state index contributed by atoms with van der Waals surface area (Å²) in [5.74, 6) is 0.767. The Balaban J connectivity index is 2.18. The van der Waals surface area contributed by atoms with Gasteiger partial charge in [-0.2, -0.15) is 17.9 Å². The van der Waals surface area contributed by atoms with E-state index in [1.165, 1.54) is 0 Å². The van der Waals surface area contributed by atoms with Crippen LogP contribution in [0.2, 0.25) is 0 Å². The van der Waals surface area contributed by atoms with Crippen molar-refractivity contribution in [2.45, 2.75) is 37.4 Å². The van der Waals surface area contributed by atoms with E-state index in [9.17, 15) is 4.79 Å². The van der Waals surface area contributed by atoms with Gasteiger partial charge in [-0.1, -0.05) is 12.8 Å². The van der Waals surface area contributed by atoms with E-state index in [4.69, 9.17) is 17.9 Å². The summed E-state index contributed by atoms with van der Waals surface area (Å²) in [6, 6.07) is 1.95. The van der Waals surface area contributed by atoms with Crippen LogP contribution in [0.15, 0.2) is 12.4 Å². The predicted molar refractivity (Wildman–Crippen MR) is 79.0 cm³/mol. The number of amides is 1. The first-order valence-corrected chi connectivity index (χ1v) is 7.39. The molecule has 0 aliphatic heterocycles. The van der Waals surface area contributed by atoms with Crippen molar-refractivity contribution in [2.75, 3.05) is 6.54 Å². The van der Waals surface area contributed by atoms with Crippen LogP contribution in [0, 0.1) is 23.2 Å². The molecule has 0 spiro atoms. The first-order chi connectivity index (χ1) is 9.57. The molecule has 1 fully saturated rings. The molecule has 2 rings (SSSR count). The highest BCUT2D eigenvalue weighted by atomic mass is 32.1. The van der Waals surface area contributed by atoms with E-state index in [1.807, 2.05) is 13.0 Å². The molecule has 108 valence electrons. The number of nitrogens with one attached hydrogen (secondary N) is 2. The highest BCUT2D eigenvalue weighted by Crippen LogP contribution is 2.45. The molecule has 20 heavy (non-hydrogen) atoms. The van der Waals surface area contributed by atoms with Crippen molar-refractivity contribution in [3.8, 4) is 6.07 Å². The minimum atomic E-state index is -0.474. The number of nitriles is 1. The normalized spacial score (nSPS) is 25.4. The second-order valence-corrected chi connectivity index (χ2v) is 6.39. The third-order valence-corrected chi connectivity index (χ3v) is 4.69. The molecular formula is C14H20N4OS. The molecule has 1 aromatic rings. The Hall–Kier alpha value is -1.48. The number of rotatable bonds is 4. The molecule has 0 saturated heterocycles. The Morgan fingerprint density at radius 1 is 1.65 bits per heavy atom. The van der Waals surface area contributed by atoms with Gasteiger partial charge in [-0.25, -0.2) is 4.98 Å². The fraction of sp³-hybridized carbons (Fsp3) is 0.643. The summed E-state index contributed by atoms with van der Waals surface area (Å²) in [6.07, 6.45) is 7.42. The van der Waals surface area contributed by atoms with Crippen molar-refractivity contribution >= 4 is 18.5 Å². The molecule has 6 heteroatoms. The Morgan fingerprint density at radius 3 is 3.05 bits per heavy atom. The van der Waals surface area contributed by atoms with Gasteiger partial charge in [-0.05, 0) is 25.7 Å². The van der Waals surface area contributed by atoms with Crippen LogP contribution in [0.3, 0.4) is 0 Å². The van der Waals surface area contributed by atoms with Crippen LogP contribution >= 0.6 is 12.6 Å². The maximum Gasteiger partial charge on any atom is 0.224 e. The smallest absolute Gasteiger partial charge is 0.224 e. The summed E-state index contributed by atoms with van der Waals surface area (Å²) in [4.78, 5) is 19.7. The molecule has 1 saturated carbocycles. The number of imidazole rings is 1. The van der Waals surface area contributed by atoms with Gasteiger partial charge in [0, 0.05) is 18.3 Å². The summed E-state index contributed by atoms with van der Waals surface area (Å²) in [5.41, 5.74) is 0. The van der Waals surface area contributed by atoms with Crippen molar-refractivity contribution in [1.29, 1.82) is 5.26 Å². The zero-order valence-corrected chi connectivity index (χ0v) is 12.5. The number of nitrogens with zero attached hydrogens (tertiary/aromatic N) is 2. The average molecular weight is 292 g/mol. The van der Waals surface area contributed by atoms with Crippen LogP contribution < -0.4 is 5.32 Å². The van der Waals surface area contributed by atoms with Gasteiger partial charge in [-0.15, -0.1) is 0 Å². The lowest BCUT2D eigenvalue weighted by Gasteiger charge is -2.39. The van der Waals surface area contributed by atoms with Gasteiger partial charge >= 0.3 is 0 Å². The summed E-state index contributed by atoms with van der Waals surface area (Å²) in [7, 11) is 0. The number of aromatic amines is 1. The minimum Gasteiger partial charge on any atom is -0.347 e. The zero-order valence-electron chi connectivity index (χ0n) is 11.6. The molecule has 1 aliphatic carbocycles. The van der Waals surface area contributed by atoms with Crippen molar-refractivity contribution in [3.05, 3.63) is 18.2 Å². The van der Waals surface area contributed by atoms with Crippen LogP contribution in [-0.4, -0.2) is 22.4 Å². The lowest BCUT2D eigenvalue weighted by Crippen LogP contribution is -2.43. The van der Waals surface area contributed by atoms with Crippen LogP contribution in [0.4, 0.5) is 0 Å². The van der Waals surface area contributed by atoms with Crippen LogP contribution in [0.1, 0.15) is 38.4 Å². The summed E-state index contributed by atoms with van der Waals surface area (Å²) < 4.78 is -0.474. The molecule has 1 heterocycles. The Labute approximate surface area is 124 Å². The van der Waals surface area contributed by atoms with Gasteiger partial charge in [-0.3, -0.25) is 4.79 Å². The molecule has 0 aromatic carbocycles. The number of H-pyrrole nitrogens is 1. The molecule has 5 nitrogen and oxygen atoms in total. The van der Waals surface area contributed by atoms with E-state index in [2.05, 4.69) is 15.3 Å². The van der Waals surface area contributed by atoms with Crippen molar-refractivity contribution in [3.63, 3.8) is 0 Å². The Bertz CT molecular complexity index is 492. The quantitative estimate of drug-likeness (QED) is 0.586. The maximum absolute atomic E-state index is 12.3. The van der Waals surface area contributed by atoms with E-state index in [-0.39, 0.29) is 24.3 Å². The van der Waals surface area contributed by atoms with Crippen molar-refractivity contribution in [2.24, 2.45) is 11.8 Å². The van der Waals surface area contributed by atoms with E-state index in [0.29, 0.717) is 0 Å². The number of hydrogen-bond donors (Lipinski definition) is 3. The second-order valence-electron chi connectivity index (χ2n) is 5.46. The predicted octanol–water partition coefficient (Wildman–Crippen LogP) is 2.00. The first kappa shape index (κ1) is 14.9. The van der Waals surface area contributed by atoms with E-state index in [0.717, 1.165) is 31.5 Å². The zero-order chi connectivity index (χ0) is 14.6. The van der Waals surface area contributed by atoms with Gasteiger partial charge in [0.1, 0.15) is 12.4 Å². The standard InChI is InChI=1S/C14H20N4OS/c1-14(20,13-17-8-9-18-13)11-5-3-2-4-10(11)12(19)16-7-6-15/h8-11,20H,2-5,7H2,1H3,(H,16,19)(H,17,18)/t10-,11-,14?/m0/s1. The van der Waals surface area contributed by atoms with E-state index >= 15 is 0 Å². The summed E-state index contributed by atoms with van der Waals surface area (Å²) >= 11 is 4.79. The number of aromatic nitrogens is 2. The molecule has 1 aliphatic rings. The molecule has 0 bridgehead atoms. The highest BCUT2D eigenvalue weighted by molar-refractivity contribution is 7.81. The van der Waals surface area contributed by atoms with E-state index in [1.54, 1.807) is 12.4 Å². The molecule has 0 radical (unpaired) electrons. The monoisotopic (exact) mass is 292 g/mol. The maximum atomic E-state index is 12.3. The molecule has 2 N–H and O–H groups in total. The lowest BCUT2D eigenvalue weighted by molar-refractivity contribution is -0.128. The number of carbonyl (C=O) groups excluding carboxylic acids is 1. The molecular weight excluding hydrogens is 272 g/mol. The van der Waals surface area contributed by atoms with Gasteiger partial charge in [0.05, 0.1) is 10.8 Å². The lowest BCUT2D eigenvalue weighted by atomic mass is 9.71. The van der Waals surface area contributed by atoms with Gasteiger partial charge < -0.3 is 10.3 Å². The minimum absolute atomic E-state index is 0.0388. The number of hydrogen-bond acceptors (Lipinski definition) is 4. The largest absolute Gasteiger partial charge is 0.347 e. The molecule has 3 atom stereocenters. The molecule has 1 aromatic heterocycles. The van der Waals surface area contributed by atoms with Crippen molar-refractivity contribution in [1.82, 2.24) is 15.3 Å². The summed E-state index contributed by atoms with van der Waals surface area (Å²) in [5, 5.41) is 11.3. The van der Waals surface area contributed by atoms with Crippen LogP contribution in [0.5, 0.6) is 0 Å². The highest BCUT2D eigenvalue weighted by Gasteiger charge is 2.43. The number of thiol groups is 1. The van der Waals surface area contributed by atoms with Crippen LogP contribution in [0.25, 0.3) is 0 Å². The Morgan fingerprint density at radius 2 is 2.40 bits per heavy atom. The number of carbonyl (C=O) groups is 1. The third kappa shape index (κ3) is 2.98. The fourth-order valence-corrected chi connectivity index (χ4v) is 3.52. The van der Waals surface area contributed by atoms with Gasteiger partial charge in [0.15, 0.2) is 0 Å². The van der Waals surface area contributed by atoms with Crippen LogP contribution in [-0.2, 0) is 9.54 Å². The van der Waals surface area contributed by atoms with Gasteiger partial charge in [0.2, 0.25) is 5.91 Å². The van der Waals surface area contributed by atoms with E-state index < -0.39 is 4.75 Å². The third-order valence-electron chi connectivity index (χ3n) is 4.14. The topological polar surface area (TPSA) is 81.6 Å². The van der Waals surface area contributed by atoms with Crippen molar-refractivity contribution < 1.29 is 4.79 Å². The fourth-order valence-electron chi connectivity index (χ4n) is 3.09. The molecule has 1 amide bonds. The van der Waals surface area contributed by atoms with Gasteiger partial charge in [0.25, 0.3) is 0 Å². The second kappa shape index (κ2) is 6.31. The Kier molecular flexibility index (Phi) is 4.71.